The Hall–Kier alpha value is -3.38. The van der Waals surface area contributed by atoms with Gasteiger partial charge in [0.05, 0.1) is 0 Å². The number of aliphatic hydroxyl groups is 1. The molecule has 0 radical (unpaired) electrons. The van der Waals surface area contributed by atoms with Crippen LogP contribution in [0.5, 0.6) is 0 Å². The van der Waals surface area contributed by atoms with Crippen molar-refractivity contribution in [2.75, 3.05) is 12.8 Å². The normalized spacial score (nSPS) is 10.2. The molecule has 0 amide bonds. The Morgan fingerprint density at radius 1 is 1.00 bits per heavy atom. The van der Waals surface area contributed by atoms with Gasteiger partial charge in [-0.1, -0.05) is 36.4 Å². The van der Waals surface area contributed by atoms with Gasteiger partial charge in [-0.05, 0) is 47.7 Å². The van der Waals surface area contributed by atoms with Gasteiger partial charge >= 0.3 is 0 Å². The molecule has 1 heterocycles. The molecular weight excluding hydrogens is 395 g/mol. The maximum Gasteiger partial charge on any atom is 0.167 e. The number of aryl methyl sites for hydroxylation is 1. The van der Waals surface area contributed by atoms with Crippen LogP contribution in [-0.2, 0) is 24.1 Å². The predicted molar refractivity (Wildman–Crippen MR) is 119 cm³/mol. The smallest absolute Gasteiger partial charge is 0.167 e. The maximum absolute atomic E-state index is 13.1. The van der Waals surface area contributed by atoms with Crippen LogP contribution in [0.15, 0.2) is 67.0 Å². The summed E-state index contributed by atoms with van der Waals surface area (Å²) in [7, 11) is 1.00. The van der Waals surface area contributed by atoms with Crippen LogP contribution >= 0.6 is 0 Å². The number of benzene rings is 2. The third-order valence-electron chi connectivity index (χ3n) is 4.78. The molecule has 5 nitrogen and oxygen atoms in total. The second kappa shape index (κ2) is 12.3. The lowest BCUT2D eigenvalue weighted by molar-refractivity contribution is -0.118. The van der Waals surface area contributed by atoms with Crippen LogP contribution in [0.1, 0.15) is 39.9 Å². The molecule has 0 saturated carbocycles. The highest BCUT2D eigenvalue weighted by molar-refractivity contribution is 5.98. The Bertz CT molecular complexity index is 989. The lowest BCUT2D eigenvalue weighted by atomic mass is 9.98. The van der Waals surface area contributed by atoms with E-state index in [1.807, 2.05) is 18.3 Å². The van der Waals surface area contributed by atoms with Crippen molar-refractivity contribution in [3.8, 4) is 0 Å². The topological polar surface area (TPSA) is 93.3 Å². The molecular formula is C25H27FN2O3. The molecule has 31 heavy (non-hydrogen) atoms. The average molecular weight is 423 g/mol. The van der Waals surface area contributed by atoms with Gasteiger partial charge in [0.1, 0.15) is 11.6 Å². The van der Waals surface area contributed by atoms with Crippen LogP contribution in [0.4, 0.5) is 10.1 Å². The summed E-state index contributed by atoms with van der Waals surface area (Å²) in [5.41, 5.74) is 9.20. The van der Waals surface area contributed by atoms with Crippen molar-refractivity contribution in [1.29, 1.82) is 0 Å². The van der Waals surface area contributed by atoms with Gasteiger partial charge in [-0.2, -0.15) is 0 Å². The van der Waals surface area contributed by atoms with E-state index in [0.29, 0.717) is 24.0 Å². The monoisotopic (exact) mass is 422 g/mol. The number of aliphatic hydroxyl groups excluding tert-OH is 1. The van der Waals surface area contributed by atoms with E-state index < -0.39 is 5.82 Å². The second-order valence-electron chi connectivity index (χ2n) is 7.07. The number of ketones is 2. The van der Waals surface area contributed by atoms with E-state index in [1.54, 1.807) is 30.5 Å². The molecule has 0 aliphatic carbocycles. The van der Waals surface area contributed by atoms with Crippen molar-refractivity contribution < 1.29 is 19.1 Å². The van der Waals surface area contributed by atoms with Gasteiger partial charge in [-0.3, -0.25) is 14.6 Å². The molecule has 2 aromatic carbocycles. The fourth-order valence-electron chi connectivity index (χ4n) is 3.16. The fourth-order valence-corrected chi connectivity index (χ4v) is 3.16. The molecule has 0 spiro atoms. The summed E-state index contributed by atoms with van der Waals surface area (Å²) < 4.78 is 13.1. The first kappa shape index (κ1) is 23.9. The number of halogens is 1. The number of Topliss-reactive ketones (excluding diaryl/α,β-unsaturated/α-hetero) is 2. The summed E-state index contributed by atoms with van der Waals surface area (Å²) in [6.07, 6.45) is 6.15. The van der Waals surface area contributed by atoms with E-state index in [1.165, 1.54) is 18.2 Å². The quantitative estimate of drug-likeness (QED) is 0.402. The number of rotatable bonds is 9. The molecule has 0 unspecified atom stereocenters. The van der Waals surface area contributed by atoms with Gasteiger partial charge < -0.3 is 10.8 Å². The Morgan fingerprint density at radius 3 is 2.39 bits per heavy atom. The highest BCUT2D eigenvalue weighted by Gasteiger charge is 2.11. The van der Waals surface area contributed by atoms with Gasteiger partial charge in [0.2, 0.25) is 0 Å². The summed E-state index contributed by atoms with van der Waals surface area (Å²) in [6.45, 7) is 0. The van der Waals surface area contributed by atoms with E-state index in [4.69, 9.17) is 10.8 Å². The molecule has 6 heteroatoms. The van der Waals surface area contributed by atoms with E-state index in [9.17, 15) is 14.0 Å². The maximum atomic E-state index is 13.1. The highest BCUT2D eigenvalue weighted by Crippen LogP contribution is 2.17. The molecule has 0 aliphatic heterocycles. The summed E-state index contributed by atoms with van der Waals surface area (Å²) in [4.78, 5) is 28.7. The first-order chi connectivity index (χ1) is 15.0. The number of hydrogen-bond donors (Lipinski definition) is 2. The zero-order valence-corrected chi connectivity index (χ0v) is 17.6. The number of pyridine rings is 1. The molecule has 3 rings (SSSR count). The van der Waals surface area contributed by atoms with Crippen molar-refractivity contribution in [1.82, 2.24) is 4.98 Å². The van der Waals surface area contributed by atoms with E-state index in [0.717, 1.165) is 31.1 Å². The minimum Gasteiger partial charge on any atom is -0.400 e. The lowest BCUT2D eigenvalue weighted by Crippen LogP contribution is -2.07. The molecule has 0 saturated heterocycles. The summed E-state index contributed by atoms with van der Waals surface area (Å²) >= 11 is 0. The molecule has 0 aliphatic rings. The van der Waals surface area contributed by atoms with Crippen molar-refractivity contribution in [3.05, 3.63) is 95.1 Å². The lowest BCUT2D eigenvalue weighted by Gasteiger charge is -2.07. The Kier molecular flexibility index (Phi) is 9.52. The zero-order chi connectivity index (χ0) is 22.6. The van der Waals surface area contributed by atoms with Gasteiger partial charge in [0.25, 0.3) is 0 Å². The van der Waals surface area contributed by atoms with Crippen molar-refractivity contribution in [3.63, 3.8) is 0 Å². The Morgan fingerprint density at radius 2 is 1.74 bits per heavy atom. The van der Waals surface area contributed by atoms with E-state index in [2.05, 4.69) is 4.98 Å². The number of aromatic nitrogens is 1. The Balaban J connectivity index is 0.00000166. The number of nitrogens with zero attached hydrogens (tertiary/aromatic N) is 1. The van der Waals surface area contributed by atoms with E-state index >= 15 is 0 Å². The van der Waals surface area contributed by atoms with Gasteiger partial charge in [-0.15, -0.1) is 0 Å². The number of anilines is 1. The standard InChI is InChI=1S/C24H23FN2O2.CH4O/c25-21-11-10-20(23(26)15-21)14-24(29)19-8-6-17(7-9-19)13-22(28)5-1-3-18-4-2-12-27-16-18;1-2/h2,4,6-12,15-16H,1,3,5,13-14,26H2;2H,1H3. The van der Waals surface area contributed by atoms with E-state index in [-0.39, 0.29) is 23.7 Å². The SMILES string of the molecule is CO.Nc1cc(F)ccc1CC(=O)c1ccc(CC(=O)CCCc2cccnc2)cc1. The van der Waals surface area contributed by atoms with Gasteiger partial charge in [0.15, 0.2) is 5.78 Å². The van der Waals surface area contributed by atoms with Crippen LogP contribution in [0.3, 0.4) is 0 Å². The molecule has 1 aromatic heterocycles. The summed E-state index contributed by atoms with van der Waals surface area (Å²) in [5, 5.41) is 7.00. The van der Waals surface area contributed by atoms with Crippen molar-refractivity contribution in [2.45, 2.75) is 32.1 Å². The Labute approximate surface area is 181 Å². The summed E-state index contributed by atoms with van der Waals surface area (Å²) in [6, 6.07) is 15.0. The number of carbonyl (C=O) groups excluding carboxylic acids is 2. The largest absolute Gasteiger partial charge is 0.400 e. The van der Waals surface area contributed by atoms with Gasteiger partial charge in [0, 0.05) is 50.0 Å². The van der Waals surface area contributed by atoms with Crippen LogP contribution in [-0.4, -0.2) is 28.8 Å². The first-order valence-corrected chi connectivity index (χ1v) is 10.0. The molecule has 3 N–H and O–H groups in total. The second-order valence-corrected chi connectivity index (χ2v) is 7.07. The van der Waals surface area contributed by atoms with Gasteiger partial charge in [-0.25, -0.2) is 4.39 Å². The minimum absolute atomic E-state index is 0.0994. The third kappa shape index (κ3) is 7.75. The number of carbonyl (C=O) groups is 2. The van der Waals surface area contributed by atoms with Crippen molar-refractivity contribution in [2.24, 2.45) is 0 Å². The molecule has 162 valence electrons. The molecule has 0 atom stereocenters. The summed E-state index contributed by atoms with van der Waals surface area (Å²) in [5.74, 6) is -0.349. The van der Waals surface area contributed by atoms with Crippen LogP contribution < -0.4 is 5.73 Å². The van der Waals surface area contributed by atoms with Crippen LogP contribution in [0, 0.1) is 5.82 Å². The van der Waals surface area contributed by atoms with Crippen LogP contribution in [0.25, 0.3) is 0 Å². The van der Waals surface area contributed by atoms with Crippen LogP contribution in [0.2, 0.25) is 0 Å². The molecule has 0 fully saturated rings. The predicted octanol–water partition coefficient (Wildman–Crippen LogP) is 3.97. The zero-order valence-electron chi connectivity index (χ0n) is 17.6. The average Bonchev–Trinajstić information content (AvgIpc) is 2.78. The number of nitrogens with two attached hydrogens (primary N) is 1. The highest BCUT2D eigenvalue weighted by atomic mass is 19.1. The molecule has 0 bridgehead atoms. The third-order valence-corrected chi connectivity index (χ3v) is 4.78. The first-order valence-electron chi connectivity index (χ1n) is 10.0. The number of hydrogen-bond acceptors (Lipinski definition) is 5. The minimum atomic E-state index is -0.423. The van der Waals surface area contributed by atoms with Crippen molar-refractivity contribution >= 4 is 17.3 Å². The number of nitrogen functional groups attached to an aromatic ring is 1. The molecule has 3 aromatic rings. The fraction of sp³-hybridized carbons (Fsp3) is 0.240.